The molecule has 0 bridgehead atoms. The number of nitrogens with one attached hydrogen (secondary N) is 1. The molecule has 5 rings (SSSR count). The lowest BCUT2D eigenvalue weighted by Crippen LogP contribution is -2.36. The first-order valence-electron chi connectivity index (χ1n) is 10.1. The van der Waals surface area contributed by atoms with Crippen molar-refractivity contribution in [2.45, 2.75) is 25.2 Å². The van der Waals surface area contributed by atoms with Crippen molar-refractivity contribution >= 4 is 5.91 Å². The minimum atomic E-state index is -0.00198. The highest BCUT2D eigenvalue weighted by Crippen LogP contribution is 2.39. The van der Waals surface area contributed by atoms with Gasteiger partial charge in [0, 0.05) is 42.9 Å². The van der Waals surface area contributed by atoms with Crippen LogP contribution in [0.1, 0.15) is 45.9 Å². The van der Waals surface area contributed by atoms with Gasteiger partial charge in [0.1, 0.15) is 0 Å². The van der Waals surface area contributed by atoms with E-state index < -0.39 is 0 Å². The summed E-state index contributed by atoms with van der Waals surface area (Å²) in [5.74, 6) is 7.29. The minimum absolute atomic E-state index is 0.00198. The van der Waals surface area contributed by atoms with Crippen LogP contribution >= 0.6 is 0 Å². The Morgan fingerprint density at radius 1 is 1.25 bits per heavy atom. The smallest absolute Gasteiger partial charge is 0.251 e. The van der Waals surface area contributed by atoms with Crippen LogP contribution in [-0.4, -0.2) is 59.8 Å². The maximum Gasteiger partial charge on any atom is 0.251 e. The lowest BCUT2D eigenvalue weighted by molar-refractivity contribution is 0.0443. The zero-order chi connectivity index (χ0) is 18.9. The summed E-state index contributed by atoms with van der Waals surface area (Å²) in [6.45, 7) is 4.83. The normalized spacial score (nSPS) is 19.5. The third kappa shape index (κ3) is 3.56. The topological polar surface area (TPSA) is 59.4 Å². The molecule has 6 heteroatoms. The zero-order valence-corrected chi connectivity index (χ0v) is 15.9. The highest BCUT2D eigenvalue weighted by Gasteiger charge is 2.26. The molecule has 1 aromatic carbocycles. The van der Waals surface area contributed by atoms with Crippen LogP contribution in [0.2, 0.25) is 0 Å². The van der Waals surface area contributed by atoms with E-state index in [9.17, 15) is 4.79 Å². The molecule has 2 fully saturated rings. The van der Waals surface area contributed by atoms with Crippen molar-refractivity contribution < 1.29 is 9.53 Å². The van der Waals surface area contributed by atoms with Crippen LogP contribution in [0.5, 0.6) is 0 Å². The lowest BCUT2D eigenvalue weighted by Gasteiger charge is -2.24. The van der Waals surface area contributed by atoms with Crippen LogP contribution in [0, 0.1) is 11.8 Å². The van der Waals surface area contributed by atoms with E-state index in [1.807, 2.05) is 17.0 Å². The number of nitrogens with zero attached hydrogens (tertiary/aromatic N) is 3. The van der Waals surface area contributed by atoms with Gasteiger partial charge in [-0.3, -0.25) is 9.69 Å². The number of aromatic nitrogens is 2. The van der Waals surface area contributed by atoms with Crippen LogP contribution in [0.15, 0.2) is 24.7 Å². The van der Waals surface area contributed by atoms with Gasteiger partial charge in [0.15, 0.2) is 0 Å². The molecule has 6 nitrogen and oxygen atoms in total. The molecule has 0 radical (unpaired) electrons. The number of fused-ring (bicyclic) bond motifs is 1. The Bertz CT molecular complexity index is 959. The molecular weight excluding hydrogens is 352 g/mol. The standard InChI is InChI=1S/C22H24N4O2/c27-22-19-13-21(26-14-20(24-15-26)16-3-4-16)18(12-17(19)5-6-23-22)2-1-7-25-8-10-28-11-9-25/h12-16H,3-11H2,(H,23,27). The van der Waals surface area contributed by atoms with Crippen LogP contribution in [0.3, 0.4) is 0 Å². The van der Waals surface area contributed by atoms with Gasteiger partial charge in [0.25, 0.3) is 5.91 Å². The van der Waals surface area contributed by atoms with E-state index in [4.69, 9.17) is 4.74 Å². The molecule has 1 saturated heterocycles. The summed E-state index contributed by atoms with van der Waals surface area (Å²) < 4.78 is 7.42. The molecule has 3 heterocycles. The predicted molar refractivity (Wildman–Crippen MR) is 106 cm³/mol. The Labute approximate surface area is 164 Å². The number of morpholine rings is 1. The first-order chi connectivity index (χ1) is 13.8. The molecule has 1 amide bonds. The van der Waals surface area contributed by atoms with Crippen LogP contribution in [0.4, 0.5) is 0 Å². The number of imidazole rings is 1. The van der Waals surface area contributed by atoms with Crippen molar-refractivity contribution in [3.8, 4) is 17.5 Å². The number of carbonyl (C=O) groups excluding carboxylic acids is 1. The molecular formula is C22H24N4O2. The third-order valence-electron chi connectivity index (χ3n) is 5.65. The predicted octanol–water partition coefficient (Wildman–Crippen LogP) is 1.72. The van der Waals surface area contributed by atoms with Crippen LogP contribution in [0.25, 0.3) is 5.69 Å². The first kappa shape index (κ1) is 17.5. The number of carbonyl (C=O) groups is 1. The fraction of sp³-hybridized carbons (Fsp3) is 0.455. The maximum atomic E-state index is 12.3. The van der Waals surface area contributed by atoms with Gasteiger partial charge in [0.05, 0.1) is 37.5 Å². The van der Waals surface area contributed by atoms with Crippen LogP contribution in [-0.2, 0) is 11.2 Å². The minimum Gasteiger partial charge on any atom is -0.379 e. The second-order valence-electron chi connectivity index (χ2n) is 7.70. The summed E-state index contributed by atoms with van der Waals surface area (Å²) in [5.41, 5.74) is 4.85. The van der Waals surface area contributed by atoms with Crippen molar-refractivity contribution in [1.82, 2.24) is 19.8 Å². The van der Waals surface area contributed by atoms with E-state index >= 15 is 0 Å². The van der Waals surface area contributed by atoms with Gasteiger partial charge in [-0.1, -0.05) is 11.8 Å². The quantitative estimate of drug-likeness (QED) is 0.829. The zero-order valence-electron chi connectivity index (χ0n) is 15.9. The van der Waals surface area contributed by atoms with Crippen molar-refractivity contribution in [3.05, 3.63) is 47.0 Å². The van der Waals surface area contributed by atoms with Crippen molar-refractivity contribution in [2.24, 2.45) is 0 Å². The molecule has 1 N–H and O–H groups in total. The summed E-state index contributed by atoms with van der Waals surface area (Å²) in [5, 5.41) is 2.94. The molecule has 1 aromatic heterocycles. The van der Waals surface area contributed by atoms with Gasteiger partial charge in [0.2, 0.25) is 0 Å². The number of amides is 1. The van der Waals surface area contributed by atoms with Gasteiger partial charge in [-0.2, -0.15) is 0 Å². The SMILES string of the molecule is O=C1NCCc2cc(C#CCN3CCOCC3)c(-n3cnc(C4CC4)c3)cc21. The highest BCUT2D eigenvalue weighted by molar-refractivity contribution is 5.97. The lowest BCUT2D eigenvalue weighted by atomic mass is 9.96. The molecule has 1 aliphatic carbocycles. The summed E-state index contributed by atoms with van der Waals surface area (Å²) >= 11 is 0. The summed E-state index contributed by atoms with van der Waals surface area (Å²) in [7, 11) is 0. The fourth-order valence-corrected chi connectivity index (χ4v) is 3.84. The Kier molecular flexibility index (Phi) is 4.63. The molecule has 3 aliphatic rings. The van der Waals surface area contributed by atoms with Gasteiger partial charge in [-0.05, 0) is 37.0 Å². The highest BCUT2D eigenvalue weighted by atomic mass is 16.5. The fourth-order valence-electron chi connectivity index (χ4n) is 3.84. The number of benzene rings is 1. The van der Waals surface area contributed by atoms with Gasteiger partial charge >= 0.3 is 0 Å². The van der Waals surface area contributed by atoms with Gasteiger partial charge in [-0.15, -0.1) is 0 Å². The number of hydrogen-bond donors (Lipinski definition) is 1. The number of ether oxygens (including phenoxy) is 1. The molecule has 1 saturated carbocycles. The largest absolute Gasteiger partial charge is 0.379 e. The molecule has 2 aliphatic heterocycles. The van der Waals surface area contributed by atoms with E-state index in [0.717, 1.165) is 67.3 Å². The first-order valence-corrected chi connectivity index (χ1v) is 10.1. The van der Waals surface area contributed by atoms with E-state index in [0.29, 0.717) is 12.5 Å². The molecule has 0 atom stereocenters. The van der Waals surface area contributed by atoms with Crippen molar-refractivity contribution in [1.29, 1.82) is 0 Å². The van der Waals surface area contributed by atoms with E-state index in [1.165, 1.54) is 12.8 Å². The van der Waals surface area contributed by atoms with E-state index in [2.05, 4.69) is 39.3 Å². The van der Waals surface area contributed by atoms with Gasteiger partial charge < -0.3 is 14.6 Å². The van der Waals surface area contributed by atoms with Crippen LogP contribution < -0.4 is 5.32 Å². The van der Waals surface area contributed by atoms with Gasteiger partial charge in [-0.25, -0.2) is 4.98 Å². The molecule has 0 spiro atoms. The van der Waals surface area contributed by atoms with Crippen molar-refractivity contribution in [2.75, 3.05) is 39.4 Å². The molecule has 28 heavy (non-hydrogen) atoms. The molecule has 0 unspecified atom stereocenters. The Morgan fingerprint density at radius 2 is 2.11 bits per heavy atom. The summed E-state index contributed by atoms with van der Waals surface area (Å²) in [4.78, 5) is 19.2. The summed E-state index contributed by atoms with van der Waals surface area (Å²) in [6, 6.07) is 4.06. The molecule has 144 valence electrons. The Hall–Kier alpha value is -2.62. The Balaban J connectivity index is 1.49. The second kappa shape index (κ2) is 7.42. The average molecular weight is 376 g/mol. The van der Waals surface area contributed by atoms with E-state index in [1.54, 1.807) is 0 Å². The second-order valence-corrected chi connectivity index (χ2v) is 7.70. The summed E-state index contributed by atoms with van der Waals surface area (Å²) in [6.07, 6.45) is 7.22. The van der Waals surface area contributed by atoms with E-state index in [-0.39, 0.29) is 5.91 Å². The van der Waals surface area contributed by atoms with Crippen molar-refractivity contribution in [3.63, 3.8) is 0 Å². The maximum absolute atomic E-state index is 12.3. The third-order valence-corrected chi connectivity index (χ3v) is 5.65. The average Bonchev–Trinajstić information content (AvgIpc) is 3.46. The monoisotopic (exact) mass is 376 g/mol. The molecule has 2 aromatic rings. The number of hydrogen-bond acceptors (Lipinski definition) is 4. The number of rotatable bonds is 3. The Morgan fingerprint density at radius 3 is 2.93 bits per heavy atom.